The summed E-state index contributed by atoms with van der Waals surface area (Å²) in [5.41, 5.74) is 1.01. The summed E-state index contributed by atoms with van der Waals surface area (Å²) in [6.07, 6.45) is 2.14. The molecule has 0 aliphatic carbocycles. The molecule has 2 rings (SSSR count). The number of nitrogens with zero attached hydrogens (tertiary/aromatic N) is 1. The van der Waals surface area contributed by atoms with Crippen LogP contribution in [0.3, 0.4) is 0 Å². The van der Waals surface area contributed by atoms with Crippen molar-refractivity contribution in [3.8, 4) is 0 Å². The maximum atomic E-state index is 12.7. The molecule has 1 N–H and O–H groups in total. The van der Waals surface area contributed by atoms with Crippen LogP contribution in [0.4, 0.5) is 5.69 Å². The second-order valence-corrected chi connectivity index (χ2v) is 11.1. The molecule has 0 aliphatic heterocycles. The molecule has 158 valence electrons. The van der Waals surface area contributed by atoms with Gasteiger partial charge in [0.05, 0.1) is 22.9 Å². The largest absolute Gasteiger partial charge is 0.348 e. The number of hydrogen-bond acceptors (Lipinski definition) is 5. The van der Waals surface area contributed by atoms with Gasteiger partial charge in [0.2, 0.25) is 15.9 Å². The van der Waals surface area contributed by atoms with E-state index in [2.05, 4.69) is 5.32 Å². The maximum absolute atomic E-state index is 12.7. The van der Waals surface area contributed by atoms with Gasteiger partial charge >= 0.3 is 0 Å². The number of carbonyl (C=O) groups is 1. The normalized spacial score (nSPS) is 14.1. The van der Waals surface area contributed by atoms with Crippen molar-refractivity contribution in [1.82, 2.24) is 5.32 Å². The van der Waals surface area contributed by atoms with E-state index in [9.17, 15) is 21.6 Å². The van der Waals surface area contributed by atoms with Crippen molar-refractivity contribution >= 4 is 43.1 Å². The lowest BCUT2D eigenvalue weighted by molar-refractivity contribution is -0.122. The van der Waals surface area contributed by atoms with Gasteiger partial charge in [-0.15, -0.1) is 0 Å². The Kier molecular flexibility index (Phi) is 6.97. The van der Waals surface area contributed by atoms with Crippen molar-refractivity contribution in [2.45, 2.75) is 30.8 Å². The topological polar surface area (TPSA) is 101 Å². The Balaban J connectivity index is 2.22. The third-order valence-corrected chi connectivity index (χ3v) is 6.96. The number of benzene rings is 2. The molecule has 0 saturated heterocycles. The van der Waals surface area contributed by atoms with E-state index in [1.807, 2.05) is 0 Å². The molecule has 0 heterocycles. The molecule has 0 aromatic heterocycles. The number of anilines is 1. The van der Waals surface area contributed by atoms with Gasteiger partial charge < -0.3 is 5.32 Å². The van der Waals surface area contributed by atoms with Crippen molar-refractivity contribution in [2.75, 3.05) is 16.8 Å². The van der Waals surface area contributed by atoms with E-state index >= 15 is 0 Å². The molecule has 0 bridgehead atoms. The average Bonchev–Trinajstić information content (AvgIpc) is 2.61. The highest BCUT2D eigenvalue weighted by Gasteiger charge is 2.29. The van der Waals surface area contributed by atoms with Crippen LogP contribution in [-0.2, 0) is 24.7 Å². The summed E-state index contributed by atoms with van der Waals surface area (Å²) in [6, 6.07) is 10.8. The lowest BCUT2D eigenvalue weighted by Crippen LogP contribution is -2.48. The van der Waals surface area contributed by atoms with Crippen molar-refractivity contribution in [1.29, 1.82) is 0 Å². The van der Waals surface area contributed by atoms with Crippen LogP contribution in [-0.4, -0.2) is 41.3 Å². The molecule has 1 amide bonds. The molecular weight excluding hydrogens is 436 g/mol. The standard InChI is InChI=1S/C19H23ClN2O5S2/c1-13(15-5-11-18(12-6-15)28(3,24)25)21-19(23)14(2)22(29(4,26)27)17-9-7-16(20)8-10-17/h5-14H,1-4H3,(H,21,23)/t13-,14-/m1/s1. The van der Waals surface area contributed by atoms with E-state index in [0.717, 1.165) is 16.8 Å². The SMILES string of the molecule is C[C@H](C(=O)N[C@H](C)c1ccc(S(C)(=O)=O)cc1)N(c1ccc(Cl)cc1)S(C)(=O)=O. The Morgan fingerprint density at radius 3 is 1.90 bits per heavy atom. The summed E-state index contributed by atoms with van der Waals surface area (Å²) in [7, 11) is -7.05. The number of nitrogens with one attached hydrogen (secondary N) is 1. The predicted molar refractivity (Wildman–Crippen MR) is 114 cm³/mol. The number of amides is 1. The van der Waals surface area contributed by atoms with Crippen LogP contribution >= 0.6 is 11.6 Å². The van der Waals surface area contributed by atoms with E-state index in [0.29, 0.717) is 16.3 Å². The Bertz CT molecular complexity index is 1080. The lowest BCUT2D eigenvalue weighted by atomic mass is 10.1. The first-order valence-corrected chi connectivity index (χ1v) is 12.8. The minimum absolute atomic E-state index is 0.180. The van der Waals surface area contributed by atoms with Crippen molar-refractivity contribution in [2.24, 2.45) is 0 Å². The molecule has 2 atom stereocenters. The van der Waals surface area contributed by atoms with E-state index in [1.165, 1.54) is 31.2 Å². The molecule has 2 aromatic rings. The van der Waals surface area contributed by atoms with Gasteiger partial charge in [0.15, 0.2) is 9.84 Å². The van der Waals surface area contributed by atoms with Crippen molar-refractivity contribution < 1.29 is 21.6 Å². The third-order valence-electron chi connectivity index (χ3n) is 4.34. The van der Waals surface area contributed by atoms with Gasteiger partial charge in [-0.2, -0.15) is 0 Å². The Labute approximate surface area is 176 Å². The van der Waals surface area contributed by atoms with Gasteiger partial charge in [0, 0.05) is 11.3 Å². The summed E-state index contributed by atoms with van der Waals surface area (Å²) in [5, 5.41) is 3.22. The van der Waals surface area contributed by atoms with Gasteiger partial charge in [-0.25, -0.2) is 16.8 Å². The molecule has 0 unspecified atom stereocenters. The van der Waals surface area contributed by atoms with E-state index in [1.54, 1.807) is 31.2 Å². The van der Waals surface area contributed by atoms with Gasteiger partial charge in [-0.05, 0) is 55.8 Å². The fourth-order valence-corrected chi connectivity index (χ4v) is 4.75. The minimum atomic E-state index is -3.73. The molecule has 0 saturated carbocycles. The molecule has 0 radical (unpaired) electrons. The van der Waals surface area contributed by atoms with Crippen LogP contribution in [0.1, 0.15) is 25.5 Å². The fraction of sp³-hybridized carbons (Fsp3) is 0.316. The number of carbonyl (C=O) groups excluding carboxylic acids is 1. The molecule has 7 nitrogen and oxygen atoms in total. The van der Waals surface area contributed by atoms with Crippen molar-refractivity contribution in [3.63, 3.8) is 0 Å². The minimum Gasteiger partial charge on any atom is -0.348 e. The second kappa shape index (κ2) is 8.73. The summed E-state index contributed by atoms with van der Waals surface area (Å²) >= 11 is 5.86. The molecular formula is C19H23ClN2O5S2. The predicted octanol–water partition coefficient (Wildman–Crippen LogP) is 2.78. The average molecular weight is 459 g/mol. The summed E-state index contributed by atoms with van der Waals surface area (Å²) in [6.45, 7) is 3.22. The maximum Gasteiger partial charge on any atom is 0.244 e. The zero-order valence-corrected chi connectivity index (χ0v) is 18.8. The van der Waals surface area contributed by atoms with E-state index in [-0.39, 0.29) is 4.90 Å². The Morgan fingerprint density at radius 2 is 1.45 bits per heavy atom. The molecule has 29 heavy (non-hydrogen) atoms. The number of sulfone groups is 1. The molecule has 0 fully saturated rings. The van der Waals surface area contributed by atoms with Gasteiger partial charge in [-0.3, -0.25) is 9.10 Å². The monoisotopic (exact) mass is 458 g/mol. The van der Waals surface area contributed by atoms with Crippen LogP contribution in [0.2, 0.25) is 5.02 Å². The number of sulfonamides is 1. The molecule has 0 aliphatic rings. The highest BCUT2D eigenvalue weighted by molar-refractivity contribution is 7.92. The van der Waals surface area contributed by atoms with Crippen LogP contribution in [0, 0.1) is 0 Å². The van der Waals surface area contributed by atoms with Crippen LogP contribution in [0.15, 0.2) is 53.4 Å². The number of rotatable bonds is 7. The van der Waals surface area contributed by atoms with Crippen LogP contribution < -0.4 is 9.62 Å². The fourth-order valence-electron chi connectivity index (χ4n) is 2.82. The van der Waals surface area contributed by atoms with Gasteiger partial charge in [-0.1, -0.05) is 23.7 Å². The van der Waals surface area contributed by atoms with Crippen LogP contribution in [0.25, 0.3) is 0 Å². The second-order valence-electron chi connectivity index (χ2n) is 6.78. The first kappa shape index (κ1) is 23.2. The summed E-state index contributed by atoms with van der Waals surface area (Å²) in [4.78, 5) is 12.9. The Morgan fingerprint density at radius 1 is 0.931 bits per heavy atom. The zero-order valence-electron chi connectivity index (χ0n) is 16.5. The van der Waals surface area contributed by atoms with Crippen LogP contribution in [0.5, 0.6) is 0 Å². The first-order valence-electron chi connectivity index (χ1n) is 8.66. The molecule has 2 aromatic carbocycles. The highest BCUT2D eigenvalue weighted by atomic mass is 35.5. The van der Waals surface area contributed by atoms with E-state index < -0.39 is 37.9 Å². The number of hydrogen-bond donors (Lipinski definition) is 1. The van der Waals surface area contributed by atoms with Crippen molar-refractivity contribution in [3.05, 3.63) is 59.1 Å². The zero-order chi connectivity index (χ0) is 22.0. The molecule has 10 heteroatoms. The number of halogens is 1. The highest BCUT2D eigenvalue weighted by Crippen LogP contribution is 2.24. The smallest absolute Gasteiger partial charge is 0.244 e. The quantitative estimate of drug-likeness (QED) is 0.687. The van der Waals surface area contributed by atoms with E-state index in [4.69, 9.17) is 11.6 Å². The summed E-state index contributed by atoms with van der Waals surface area (Å²) < 4.78 is 48.8. The Hall–Kier alpha value is -2.10. The lowest BCUT2D eigenvalue weighted by Gasteiger charge is -2.29. The van der Waals surface area contributed by atoms with Gasteiger partial charge in [0.1, 0.15) is 6.04 Å². The first-order chi connectivity index (χ1) is 13.3. The van der Waals surface area contributed by atoms with Gasteiger partial charge in [0.25, 0.3) is 0 Å². The molecule has 0 spiro atoms. The third kappa shape index (κ3) is 5.94. The summed E-state index contributed by atoms with van der Waals surface area (Å²) in [5.74, 6) is -0.495.